The number of hydrogen-bond acceptors (Lipinski definition) is 22. The normalized spacial score (nSPS) is 12.6. The van der Waals surface area contributed by atoms with E-state index in [0.29, 0.717) is 57.2 Å². The third kappa shape index (κ3) is 32.2. The van der Waals surface area contributed by atoms with Crippen molar-refractivity contribution in [3.05, 3.63) is 56.8 Å². The number of fused-ring (bicyclic) bond motifs is 2. The lowest BCUT2D eigenvalue weighted by Gasteiger charge is -2.25. The zero-order chi connectivity index (χ0) is 78.8. The van der Waals surface area contributed by atoms with E-state index in [1.54, 1.807) is 0 Å². The van der Waals surface area contributed by atoms with E-state index in [2.05, 4.69) is 53.2 Å². The van der Waals surface area contributed by atoms with Crippen LogP contribution in [0.3, 0.4) is 0 Å². The van der Waals surface area contributed by atoms with Crippen molar-refractivity contribution in [1.29, 1.82) is 21.6 Å². The summed E-state index contributed by atoms with van der Waals surface area (Å²) in [7, 11) is 3.74. The minimum Gasteiger partial charge on any atom is -0.507 e. The number of carbonyl (C=O) groups excluding carboxylic acids is 8. The lowest BCUT2D eigenvalue weighted by Crippen LogP contribution is -2.56. The Labute approximate surface area is 617 Å². The van der Waals surface area contributed by atoms with Crippen molar-refractivity contribution in [1.82, 2.24) is 53.2 Å². The molecule has 0 fully saturated rings. The Kier molecular flexibility index (Phi) is 40.9. The molecule has 27 N–H and O–H groups in total. The quantitative estimate of drug-likeness (QED) is 0.00917. The molecule has 0 saturated carbocycles. The first-order valence-corrected chi connectivity index (χ1v) is 35.6. The number of phenols is 1. The second-order valence-corrected chi connectivity index (χ2v) is 25.7. The summed E-state index contributed by atoms with van der Waals surface area (Å²) in [5, 5.41) is 69.1. The topological polar surface area (TPSA) is 605 Å². The van der Waals surface area contributed by atoms with Crippen LogP contribution in [0.2, 0.25) is 0 Å². The molecule has 590 valence electrons. The molecular weight excluding hydrogens is 1380 g/mol. The second-order valence-electron chi connectivity index (χ2n) is 25.7. The highest BCUT2D eigenvalue weighted by atomic mass is 16.5. The van der Waals surface area contributed by atoms with Gasteiger partial charge in [-0.05, 0) is 156 Å². The molecule has 36 nitrogen and oxygen atoms in total. The van der Waals surface area contributed by atoms with Crippen molar-refractivity contribution < 1.29 is 71.6 Å². The Morgan fingerprint density at radius 2 is 0.811 bits per heavy atom. The van der Waals surface area contributed by atoms with E-state index in [9.17, 15) is 43.5 Å². The number of ether oxygens (including phenoxy) is 5. The molecule has 0 bridgehead atoms. The first kappa shape index (κ1) is 89.6. The molecule has 2 unspecified atom stereocenters. The van der Waals surface area contributed by atoms with Crippen molar-refractivity contribution in [2.24, 2.45) is 34.4 Å². The number of benzene rings is 2. The predicted molar refractivity (Wildman–Crippen MR) is 402 cm³/mol. The van der Waals surface area contributed by atoms with Crippen LogP contribution >= 0.6 is 0 Å². The predicted octanol–water partition coefficient (Wildman–Crippen LogP) is 0.562. The van der Waals surface area contributed by atoms with Crippen LogP contribution < -0.4 is 107 Å². The van der Waals surface area contributed by atoms with Crippen LogP contribution in [0, 0.1) is 21.6 Å². The van der Waals surface area contributed by atoms with Crippen molar-refractivity contribution in [2.45, 2.75) is 192 Å². The highest BCUT2D eigenvalue weighted by molar-refractivity contribution is 5.99. The molecule has 3 aromatic rings. The minimum atomic E-state index is -1.19. The Morgan fingerprint density at radius 1 is 0.472 bits per heavy atom. The molecule has 0 spiro atoms. The number of unbranched alkanes of at least 4 members (excludes halogenated alkanes) is 2. The van der Waals surface area contributed by atoms with Crippen molar-refractivity contribution in [3.8, 4) is 23.0 Å². The van der Waals surface area contributed by atoms with E-state index in [0.717, 1.165) is 11.1 Å². The van der Waals surface area contributed by atoms with Crippen LogP contribution in [0.25, 0.3) is 21.9 Å². The van der Waals surface area contributed by atoms with Crippen molar-refractivity contribution in [2.75, 3.05) is 73.8 Å². The summed E-state index contributed by atoms with van der Waals surface area (Å²) in [6.07, 6.45) is 7.43. The standard InChI is InChI=1S/C70H114N20O16/c1-40(2)26-28-42-50(104-36-16-24-54(91)85-44(20-12-32-81-67(73)74)61(95)87-46(18-8-10-30-71)63(97)89-48(65(99)102-6)22-14-34-83-69(77)78)38-52-57(58(42)93)59(94)56-43(29-27-41(3)4)60(101-5)53(39-51(56)106-52)105-37-17-25-55(92)86-45(21-13-33-82-68(75)76)62(96)88-47(19-9-11-31-72)64(98)90-49(66(100)103-7)23-15-35-84-70(79)80/h26-27,38-39,44-49,93H,8-25,28-37,71-72H2,1-7H3,(H,85,91)(H,86,92)(H,87,95)(H,88,96)(H,89,97)(H,90,98)(H4,73,74,81)(H4,75,76,82)(H4,77,78,83)(H4,79,80,84)/t44-,45+,46+,47-,48?,49?/m1/s1. The van der Waals surface area contributed by atoms with Crippen LogP contribution in [-0.2, 0) is 60.7 Å². The monoisotopic (exact) mass is 1490 g/mol. The van der Waals surface area contributed by atoms with Gasteiger partial charge >= 0.3 is 11.9 Å². The summed E-state index contributed by atoms with van der Waals surface area (Å²) in [6.45, 7) is 8.70. The van der Waals surface area contributed by atoms with Crippen LogP contribution in [0.15, 0.2) is 44.6 Å². The summed E-state index contributed by atoms with van der Waals surface area (Å²) in [6, 6.07) is -3.97. The molecule has 0 radical (unpaired) electrons. The van der Waals surface area contributed by atoms with E-state index >= 15 is 4.79 Å². The molecule has 36 heteroatoms. The first-order chi connectivity index (χ1) is 50.5. The number of methoxy groups -OCH3 is 3. The summed E-state index contributed by atoms with van der Waals surface area (Å²) < 4.78 is 35.0. The maximum absolute atomic E-state index is 15.0. The number of esters is 2. The van der Waals surface area contributed by atoms with E-state index < -0.39 is 94.8 Å². The van der Waals surface area contributed by atoms with Gasteiger partial charge in [-0.15, -0.1) is 0 Å². The van der Waals surface area contributed by atoms with E-state index in [-0.39, 0.29) is 198 Å². The highest BCUT2D eigenvalue weighted by Gasteiger charge is 2.33. The number of amides is 6. The molecule has 6 amide bonds. The summed E-state index contributed by atoms with van der Waals surface area (Å²) in [5.74, 6) is -6.44. The van der Waals surface area contributed by atoms with Gasteiger partial charge in [0.25, 0.3) is 0 Å². The molecule has 106 heavy (non-hydrogen) atoms. The van der Waals surface area contributed by atoms with Crippen LogP contribution in [0.4, 0.5) is 0 Å². The average Bonchev–Trinajstić information content (AvgIpc) is 0.736. The Hall–Kier alpha value is -10.7. The van der Waals surface area contributed by atoms with Crippen LogP contribution in [-0.4, -0.2) is 186 Å². The molecule has 6 atom stereocenters. The lowest BCUT2D eigenvalue weighted by molar-refractivity contribution is -0.146. The number of phenolic OH excluding ortho intramolecular Hbond substituents is 1. The molecule has 0 saturated heterocycles. The van der Waals surface area contributed by atoms with E-state index in [1.165, 1.54) is 33.5 Å². The highest BCUT2D eigenvalue weighted by Crippen LogP contribution is 2.42. The fraction of sp³-hybridized carbons (Fsp3) is 0.586. The molecule has 0 aliphatic carbocycles. The number of aromatic hydroxyl groups is 1. The smallest absolute Gasteiger partial charge is 0.328 e. The number of guanidine groups is 4. The zero-order valence-electron chi connectivity index (χ0n) is 62.1. The number of nitrogens with two attached hydrogens (primary N) is 6. The SMILES string of the molecule is COC(=O)C(CCCNC(=N)N)NC(=O)[C@H](CCCCN)NC(=O)[C@@H](CCCNC(=N)N)NC(=O)CCCOc1cc2oc3cc(OCCCC(=O)N[C@@H](CCCNC(=N)N)C(=O)N[C@H](CCCCN)C(=O)NC(CCCNC(=N)N)C(=O)OC)c(OC)c(CC=C(C)C)c3c(=O)c2c(O)c1CC=C(C)C. The molecule has 3 rings (SSSR count). The average molecular weight is 1490 g/mol. The maximum atomic E-state index is 15.0. The van der Waals surface area contributed by atoms with Gasteiger partial charge in [0.1, 0.15) is 64.3 Å². The van der Waals surface area contributed by atoms with Gasteiger partial charge in [0.15, 0.2) is 35.3 Å². The molecule has 2 aromatic carbocycles. The maximum Gasteiger partial charge on any atom is 0.328 e. The molecule has 0 aliphatic heterocycles. The summed E-state index contributed by atoms with van der Waals surface area (Å²) in [5.41, 5.74) is 35.1. The largest absolute Gasteiger partial charge is 0.507 e. The van der Waals surface area contributed by atoms with E-state index in [4.69, 9.17) is 84.1 Å². The Morgan fingerprint density at radius 3 is 1.18 bits per heavy atom. The minimum absolute atomic E-state index is 0.0481. The Balaban J connectivity index is 1.97. The third-order valence-electron chi connectivity index (χ3n) is 16.6. The molecule has 1 aromatic heterocycles. The summed E-state index contributed by atoms with van der Waals surface area (Å²) in [4.78, 5) is 124. The van der Waals surface area contributed by atoms with Gasteiger partial charge in [-0.1, -0.05) is 23.3 Å². The zero-order valence-corrected chi connectivity index (χ0v) is 62.1. The molecule has 0 aliphatic rings. The van der Waals surface area contributed by atoms with Gasteiger partial charge in [0.2, 0.25) is 40.9 Å². The molecular formula is C70H114N20O16. The number of nitrogens with one attached hydrogen (secondary N) is 14. The number of hydrogen-bond donors (Lipinski definition) is 21. The van der Waals surface area contributed by atoms with Crippen molar-refractivity contribution in [3.63, 3.8) is 0 Å². The molecule has 1 heterocycles. The fourth-order valence-corrected chi connectivity index (χ4v) is 11.1. The van der Waals surface area contributed by atoms with Gasteiger partial charge in [-0.25, -0.2) is 9.59 Å². The van der Waals surface area contributed by atoms with Crippen molar-refractivity contribution >= 4 is 93.2 Å². The second kappa shape index (κ2) is 48.4. The lowest BCUT2D eigenvalue weighted by atomic mass is 9.98. The van der Waals surface area contributed by atoms with Gasteiger partial charge in [-0.2, -0.15) is 0 Å². The fourth-order valence-electron chi connectivity index (χ4n) is 11.1. The number of carbonyl (C=O) groups is 8. The Bertz CT molecular complexity index is 3600. The summed E-state index contributed by atoms with van der Waals surface area (Å²) >= 11 is 0. The first-order valence-electron chi connectivity index (χ1n) is 35.6. The van der Waals surface area contributed by atoms with Gasteiger partial charge < -0.3 is 121 Å². The van der Waals surface area contributed by atoms with Crippen LogP contribution in [0.5, 0.6) is 23.0 Å². The van der Waals surface area contributed by atoms with Crippen LogP contribution in [0.1, 0.15) is 154 Å². The van der Waals surface area contributed by atoms with E-state index in [1.807, 2.05) is 39.8 Å². The number of allylic oxidation sites excluding steroid dienone is 4. The van der Waals surface area contributed by atoms with Gasteiger partial charge in [0, 0.05) is 62.3 Å². The van der Waals surface area contributed by atoms with Gasteiger partial charge in [0.05, 0.1) is 39.9 Å². The third-order valence-corrected chi connectivity index (χ3v) is 16.6. The van der Waals surface area contributed by atoms with Gasteiger partial charge in [-0.3, -0.25) is 55.2 Å². The number of rotatable bonds is 51.